The van der Waals surface area contributed by atoms with Crippen LogP contribution in [0.4, 0.5) is 0 Å². The summed E-state index contributed by atoms with van der Waals surface area (Å²) in [6, 6.07) is 3.92. The van der Waals surface area contributed by atoms with Crippen LogP contribution in [0.25, 0.3) is 0 Å². The highest BCUT2D eigenvalue weighted by atomic mass is 35.5. The number of hydrogen-bond donors (Lipinski definition) is 1. The van der Waals surface area contributed by atoms with Crippen LogP contribution in [0.15, 0.2) is 12.1 Å². The monoisotopic (exact) mass is 426 g/mol. The Kier molecular flexibility index (Phi) is 7.86. The third-order valence-corrected chi connectivity index (χ3v) is 8.91. The summed E-state index contributed by atoms with van der Waals surface area (Å²) in [4.78, 5) is 13.5. The molecule has 5 heteroatoms. The fourth-order valence-electron chi connectivity index (χ4n) is 5.10. The molecule has 3 unspecified atom stereocenters. The van der Waals surface area contributed by atoms with Crippen molar-refractivity contribution in [1.82, 2.24) is 0 Å². The number of thiophene rings is 1. The van der Waals surface area contributed by atoms with Crippen LogP contribution in [0, 0.1) is 17.3 Å². The number of aliphatic hydroxyl groups is 1. The summed E-state index contributed by atoms with van der Waals surface area (Å²) in [6.45, 7) is 2.24. The zero-order valence-electron chi connectivity index (χ0n) is 17.3. The number of methoxy groups -OCH3 is 1. The molecule has 2 fully saturated rings. The predicted octanol–water partition coefficient (Wildman–Crippen LogP) is 6.21. The molecule has 1 aromatic rings. The average molecular weight is 427 g/mol. The van der Waals surface area contributed by atoms with Gasteiger partial charge >= 0.3 is 5.97 Å². The van der Waals surface area contributed by atoms with Gasteiger partial charge in [-0.05, 0) is 87.2 Å². The van der Waals surface area contributed by atoms with E-state index in [-0.39, 0.29) is 17.5 Å². The minimum absolute atomic E-state index is 0.141. The summed E-state index contributed by atoms with van der Waals surface area (Å²) in [5.41, 5.74) is 0.180. The van der Waals surface area contributed by atoms with Gasteiger partial charge in [0.05, 0.1) is 13.2 Å². The summed E-state index contributed by atoms with van der Waals surface area (Å²) in [5.74, 6) is 1.06. The number of carbonyl (C=O) groups excluding carboxylic acids is 1. The van der Waals surface area contributed by atoms with Crippen LogP contribution >= 0.6 is 22.9 Å². The Morgan fingerprint density at radius 2 is 2.11 bits per heavy atom. The van der Waals surface area contributed by atoms with Crippen LogP contribution in [0.5, 0.6) is 0 Å². The quantitative estimate of drug-likeness (QED) is 0.357. The SMILES string of the molecule is COC(=O)c1ccc(CCC[C@H]2CCC(Cl)C2CCCC(O)C2(C)CCC2)s1. The van der Waals surface area contributed by atoms with Crippen molar-refractivity contribution in [3.8, 4) is 0 Å². The number of ether oxygens (including phenoxy) is 1. The van der Waals surface area contributed by atoms with Crippen LogP contribution in [-0.2, 0) is 11.2 Å². The Labute approximate surface area is 178 Å². The van der Waals surface area contributed by atoms with Crippen LogP contribution < -0.4 is 0 Å². The van der Waals surface area contributed by atoms with E-state index in [0.29, 0.717) is 22.1 Å². The second-order valence-electron chi connectivity index (χ2n) is 9.12. The summed E-state index contributed by atoms with van der Waals surface area (Å²) in [5, 5.41) is 10.8. The van der Waals surface area contributed by atoms with E-state index in [1.54, 1.807) is 11.3 Å². The van der Waals surface area contributed by atoms with E-state index in [1.807, 2.05) is 6.07 Å². The van der Waals surface area contributed by atoms with Gasteiger partial charge in [0.2, 0.25) is 0 Å². The minimum atomic E-state index is -0.241. The second-order valence-corrected chi connectivity index (χ2v) is 10.9. The van der Waals surface area contributed by atoms with Crippen molar-refractivity contribution in [2.45, 2.75) is 89.0 Å². The number of aryl methyl sites for hydroxylation is 1. The molecule has 0 bridgehead atoms. The molecule has 4 atom stereocenters. The van der Waals surface area contributed by atoms with Gasteiger partial charge in [-0.1, -0.05) is 19.8 Å². The minimum Gasteiger partial charge on any atom is -0.465 e. The maximum atomic E-state index is 11.6. The molecule has 1 N–H and O–H groups in total. The van der Waals surface area contributed by atoms with E-state index in [1.165, 1.54) is 44.1 Å². The molecule has 28 heavy (non-hydrogen) atoms. The molecule has 1 heterocycles. The normalized spacial score (nSPS) is 27.4. The number of alkyl halides is 1. The molecule has 0 saturated heterocycles. The molecule has 0 spiro atoms. The van der Waals surface area contributed by atoms with Gasteiger partial charge in [0.25, 0.3) is 0 Å². The van der Waals surface area contributed by atoms with Gasteiger partial charge < -0.3 is 9.84 Å². The molecule has 0 radical (unpaired) electrons. The summed E-state index contributed by atoms with van der Waals surface area (Å²) >= 11 is 8.20. The van der Waals surface area contributed by atoms with Crippen molar-refractivity contribution in [2.24, 2.45) is 17.3 Å². The molecule has 0 aromatic carbocycles. The van der Waals surface area contributed by atoms with Gasteiger partial charge in [-0.25, -0.2) is 4.79 Å². The molecule has 2 aliphatic carbocycles. The van der Waals surface area contributed by atoms with E-state index < -0.39 is 0 Å². The first-order valence-corrected chi connectivity index (χ1v) is 12.2. The van der Waals surface area contributed by atoms with Gasteiger partial charge in [0.15, 0.2) is 0 Å². The van der Waals surface area contributed by atoms with E-state index >= 15 is 0 Å². The Hall–Kier alpha value is -0.580. The number of rotatable bonds is 10. The number of aliphatic hydroxyl groups excluding tert-OH is 1. The number of esters is 1. The first kappa shape index (κ1) is 22.1. The number of carbonyl (C=O) groups is 1. The predicted molar refractivity (Wildman–Crippen MR) is 116 cm³/mol. The van der Waals surface area contributed by atoms with Crippen LogP contribution in [-0.4, -0.2) is 29.7 Å². The first-order chi connectivity index (χ1) is 13.4. The zero-order chi connectivity index (χ0) is 20.1. The Balaban J connectivity index is 1.40. The second kappa shape index (κ2) is 9.95. The molecule has 0 amide bonds. The molecule has 0 aliphatic heterocycles. The van der Waals surface area contributed by atoms with Gasteiger partial charge in [0, 0.05) is 10.3 Å². The molecule has 2 aliphatic rings. The van der Waals surface area contributed by atoms with E-state index in [2.05, 4.69) is 13.0 Å². The van der Waals surface area contributed by atoms with Crippen molar-refractivity contribution >= 4 is 28.9 Å². The highest BCUT2D eigenvalue weighted by molar-refractivity contribution is 7.13. The zero-order valence-corrected chi connectivity index (χ0v) is 18.9. The molecule has 3 rings (SSSR count). The summed E-state index contributed by atoms with van der Waals surface area (Å²) in [7, 11) is 1.43. The van der Waals surface area contributed by atoms with Crippen molar-refractivity contribution in [2.75, 3.05) is 7.11 Å². The molecule has 3 nitrogen and oxygen atoms in total. The summed E-state index contributed by atoms with van der Waals surface area (Å²) < 4.78 is 4.79. The molecule has 158 valence electrons. The van der Waals surface area contributed by atoms with Crippen LogP contribution in [0.3, 0.4) is 0 Å². The van der Waals surface area contributed by atoms with Gasteiger partial charge in [0.1, 0.15) is 4.88 Å². The van der Waals surface area contributed by atoms with E-state index in [9.17, 15) is 9.90 Å². The maximum absolute atomic E-state index is 11.6. The molecular weight excluding hydrogens is 392 g/mol. The lowest BCUT2D eigenvalue weighted by Crippen LogP contribution is -2.38. The standard InChI is InChI=1S/C23H35ClO3S/c1-23(14-5-15-23)21(25)9-4-8-18-16(10-12-19(18)24)6-3-7-17-11-13-20(28-17)22(26)27-2/h11,13,16,18-19,21,25H,3-10,12,14-15H2,1-2H3/t16-,18?,19?,21?/m0/s1. The van der Waals surface area contributed by atoms with Gasteiger partial charge in [-0.15, -0.1) is 22.9 Å². The van der Waals surface area contributed by atoms with Crippen LogP contribution in [0.2, 0.25) is 0 Å². The third kappa shape index (κ3) is 5.31. The highest BCUT2D eigenvalue weighted by Crippen LogP contribution is 2.46. The third-order valence-electron chi connectivity index (χ3n) is 7.24. The van der Waals surface area contributed by atoms with Gasteiger partial charge in [-0.2, -0.15) is 0 Å². The van der Waals surface area contributed by atoms with Crippen LogP contribution in [0.1, 0.15) is 85.7 Å². The number of halogens is 1. The smallest absolute Gasteiger partial charge is 0.348 e. The lowest BCUT2D eigenvalue weighted by Gasteiger charge is -2.42. The first-order valence-electron chi connectivity index (χ1n) is 10.9. The fraction of sp³-hybridized carbons (Fsp3) is 0.783. The van der Waals surface area contributed by atoms with Crippen molar-refractivity contribution < 1.29 is 14.6 Å². The Morgan fingerprint density at radius 1 is 1.32 bits per heavy atom. The lowest BCUT2D eigenvalue weighted by molar-refractivity contribution is -0.0266. The molecule has 2 saturated carbocycles. The molecule has 1 aromatic heterocycles. The Bertz CT molecular complexity index is 640. The lowest BCUT2D eigenvalue weighted by atomic mass is 9.65. The maximum Gasteiger partial charge on any atom is 0.348 e. The van der Waals surface area contributed by atoms with Crippen molar-refractivity contribution in [1.29, 1.82) is 0 Å². The van der Waals surface area contributed by atoms with E-state index in [4.69, 9.17) is 16.3 Å². The van der Waals surface area contributed by atoms with Gasteiger partial charge in [-0.3, -0.25) is 0 Å². The average Bonchev–Trinajstić information content (AvgIpc) is 3.27. The Morgan fingerprint density at radius 3 is 2.79 bits per heavy atom. The largest absolute Gasteiger partial charge is 0.465 e. The topological polar surface area (TPSA) is 46.5 Å². The number of hydrogen-bond acceptors (Lipinski definition) is 4. The highest BCUT2D eigenvalue weighted by Gasteiger charge is 2.39. The summed E-state index contributed by atoms with van der Waals surface area (Å²) in [6.07, 6.45) is 12.4. The van der Waals surface area contributed by atoms with Crippen molar-refractivity contribution in [3.05, 3.63) is 21.9 Å². The fourth-order valence-corrected chi connectivity index (χ4v) is 6.52. The molecular formula is C23H35ClO3S. The van der Waals surface area contributed by atoms with Crippen molar-refractivity contribution in [3.63, 3.8) is 0 Å². The van der Waals surface area contributed by atoms with E-state index in [0.717, 1.165) is 38.5 Å².